The Bertz CT molecular complexity index is 860. The summed E-state index contributed by atoms with van der Waals surface area (Å²) in [5.41, 5.74) is -0.717. The summed E-state index contributed by atoms with van der Waals surface area (Å²) in [6.45, 7) is -0.721. The van der Waals surface area contributed by atoms with Crippen molar-refractivity contribution in [2.45, 2.75) is 0 Å². The van der Waals surface area contributed by atoms with E-state index in [-0.39, 0.29) is 15.7 Å². The predicted molar refractivity (Wildman–Crippen MR) is 88.4 cm³/mol. The molecule has 0 bridgehead atoms. The molecule has 1 amide bonds. The lowest BCUT2D eigenvalue weighted by molar-refractivity contribution is -0.384. The summed E-state index contributed by atoms with van der Waals surface area (Å²) in [4.78, 5) is 33.6. The highest BCUT2D eigenvalue weighted by molar-refractivity contribution is 6.32. The lowest BCUT2D eigenvalue weighted by atomic mass is 10.2. The standard InChI is InChI=1S/C15H9Cl2FN2O5/c16-8-1-4-12(18)10(5-8)15(22)25-7-14(21)19-9-2-3-11(17)13(6-9)20(23)24/h1-6H,7H2,(H,19,21). The second-order valence-electron chi connectivity index (χ2n) is 4.67. The number of nitro groups is 1. The first-order valence-electron chi connectivity index (χ1n) is 6.64. The normalized spacial score (nSPS) is 10.2. The van der Waals surface area contributed by atoms with Crippen molar-refractivity contribution in [3.05, 3.63) is 67.9 Å². The van der Waals surface area contributed by atoms with Crippen molar-refractivity contribution in [2.24, 2.45) is 0 Å². The number of esters is 1. The van der Waals surface area contributed by atoms with Gasteiger partial charge in [-0.05, 0) is 30.3 Å². The molecule has 10 heteroatoms. The molecule has 0 radical (unpaired) electrons. The van der Waals surface area contributed by atoms with E-state index >= 15 is 0 Å². The van der Waals surface area contributed by atoms with Gasteiger partial charge < -0.3 is 10.1 Å². The van der Waals surface area contributed by atoms with Crippen LogP contribution in [0, 0.1) is 15.9 Å². The summed E-state index contributed by atoms with van der Waals surface area (Å²) in [6.07, 6.45) is 0. The molecule has 2 aromatic rings. The molecule has 2 aromatic carbocycles. The Kier molecular flexibility index (Phi) is 5.89. The second kappa shape index (κ2) is 7.91. The lowest BCUT2D eigenvalue weighted by Gasteiger charge is -2.07. The van der Waals surface area contributed by atoms with Gasteiger partial charge in [0.2, 0.25) is 0 Å². The fourth-order valence-electron chi connectivity index (χ4n) is 1.79. The molecule has 0 heterocycles. The smallest absolute Gasteiger partial charge is 0.341 e. The van der Waals surface area contributed by atoms with Crippen molar-refractivity contribution in [3.63, 3.8) is 0 Å². The van der Waals surface area contributed by atoms with Gasteiger partial charge in [-0.1, -0.05) is 23.2 Å². The number of rotatable bonds is 5. The highest BCUT2D eigenvalue weighted by Crippen LogP contribution is 2.27. The van der Waals surface area contributed by atoms with Gasteiger partial charge in [-0.3, -0.25) is 14.9 Å². The van der Waals surface area contributed by atoms with Crippen molar-refractivity contribution in [2.75, 3.05) is 11.9 Å². The number of hydrogen-bond acceptors (Lipinski definition) is 5. The van der Waals surface area contributed by atoms with Crippen LogP contribution in [0.2, 0.25) is 10.0 Å². The molecule has 2 rings (SSSR count). The first kappa shape index (κ1) is 18.6. The number of anilines is 1. The maximum atomic E-state index is 13.5. The molecule has 7 nitrogen and oxygen atoms in total. The number of ether oxygens (including phenoxy) is 1. The minimum absolute atomic E-state index is 0.0890. The van der Waals surface area contributed by atoms with E-state index in [2.05, 4.69) is 10.1 Å². The van der Waals surface area contributed by atoms with Crippen LogP contribution in [0.5, 0.6) is 0 Å². The van der Waals surface area contributed by atoms with Crippen LogP contribution in [-0.2, 0) is 9.53 Å². The van der Waals surface area contributed by atoms with E-state index in [9.17, 15) is 24.1 Å². The number of nitrogens with one attached hydrogen (secondary N) is 1. The van der Waals surface area contributed by atoms with E-state index in [0.717, 1.165) is 18.2 Å². The molecular formula is C15H9Cl2FN2O5. The summed E-state index contributed by atoms with van der Waals surface area (Å²) in [5, 5.41) is 13.1. The van der Waals surface area contributed by atoms with E-state index in [0.29, 0.717) is 0 Å². The molecule has 130 valence electrons. The Hall–Kier alpha value is -2.71. The lowest BCUT2D eigenvalue weighted by Crippen LogP contribution is -2.21. The number of carbonyl (C=O) groups excluding carboxylic acids is 2. The molecule has 1 N–H and O–H groups in total. The zero-order valence-electron chi connectivity index (χ0n) is 12.3. The van der Waals surface area contributed by atoms with Crippen LogP contribution in [0.3, 0.4) is 0 Å². The quantitative estimate of drug-likeness (QED) is 0.478. The topological polar surface area (TPSA) is 98.5 Å². The summed E-state index contributed by atoms with van der Waals surface area (Å²) in [6, 6.07) is 6.95. The summed E-state index contributed by atoms with van der Waals surface area (Å²) in [5.74, 6) is -2.69. The molecular weight excluding hydrogens is 378 g/mol. The Morgan fingerprint density at radius 2 is 1.92 bits per heavy atom. The molecule has 0 spiro atoms. The molecule has 25 heavy (non-hydrogen) atoms. The van der Waals surface area contributed by atoms with Gasteiger partial charge in [0.15, 0.2) is 6.61 Å². The fourth-order valence-corrected chi connectivity index (χ4v) is 2.15. The molecule has 0 aliphatic carbocycles. The highest BCUT2D eigenvalue weighted by Gasteiger charge is 2.17. The zero-order valence-corrected chi connectivity index (χ0v) is 13.8. The van der Waals surface area contributed by atoms with Crippen LogP contribution in [0.15, 0.2) is 36.4 Å². The minimum atomic E-state index is -1.07. The number of nitrogens with zero attached hydrogens (tertiary/aromatic N) is 1. The molecule has 0 aliphatic heterocycles. The van der Waals surface area contributed by atoms with Gasteiger partial charge in [-0.15, -0.1) is 0 Å². The molecule has 0 aliphatic rings. The average molecular weight is 387 g/mol. The van der Waals surface area contributed by atoms with Crippen LogP contribution < -0.4 is 5.32 Å². The molecule has 0 unspecified atom stereocenters. The van der Waals surface area contributed by atoms with Gasteiger partial charge in [0.05, 0.1) is 10.5 Å². The van der Waals surface area contributed by atoms with Crippen molar-refractivity contribution < 1.29 is 23.6 Å². The Morgan fingerprint density at radius 1 is 1.20 bits per heavy atom. The Labute approximate surface area is 150 Å². The Morgan fingerprint density at radius 3 is 2.60 bits per heavy atom. The van der Waals surface area contributed by atoms with E-state index in [1.165, 1.54) is 18.2 Å². The third kappa shape index (κ3) is 4.88. The summed E-state index contributed by atoms with van der Waals surface area (Å²) < 4.78 is 18.2. The van der Waals surface area contributed by atoms with Gasteiger partial charge in [0.1, 0.15) is 10.8 Å². The van der Waals surface area contributed by atoms with Crippen LogP contribution >= 0.6 is 23.2 Å². The molecule has 0 saturated carbocycles. The number of nitro benzene ring substituents is 1. The molecule has 0 atom stereocenters. The fraction of sp³-hybridized carbons (Fsp3) is 0.0667. The second-order valence-corrected chi connectivity index (χ2v) is 5.52. The monoisotopic (exact) mass is 386 g/mol. The van der Waals surface area contributed by atoms with Gasteiger partial charge in [-0.25, -0.2) is 9.18 Å². The van der Waals surface area contributed by atoms with Crippen LogP contribution in [0.1, 0.15) is 10.4 Å². The van der Waals surface area contributed by atoms with E-state index in [4.69, 9.17) is 23.2 Å². The van der Waals surface area contributed by atoms with Crippen molar-refractivity contribution in [1.29, 1.82) is 0 Å². The molecule has 0 fully saturated rings. The van der Waals surface area contributed by atoms with Crippen molar-refractivity contribution in [3.8, 4) is 0 Å². The minimum Gasteiger partial charge on any atom is -0.452 e. The van der Waals surface area contributed by atoms with Crippen molar-refractivity contribution in [1.82, 2.24) is 0 Å². The highest BCUT2D eigenvalue weighted by atomic mass is 35.5. The number of halogens is 3. The van der Waals surface area contributed by atoms with Crippen LogP contribution in [-0.4, -0.2) is 23.4 Å². The number of hydrogen-bond donors (Lipinski definition) is 1. The van der Waals surface area contributed by atoms with E-state index in [1.807, 2.05) is 0 Å². The number of carbonyl (C=O) groups is 2. The SMILES string of the molecule is O=C(COC(=O)c1cc(Cl)ccc1F)Nc1ccc(Cl)c([N+](=O)[O-])c1. The van der Waals surface area contributed by atoms with Crippen molar-refractivity contribution >= 4 is 46.5 Å². The predicted octanol–water partition coefficient (Wildman–Crippen LogP) is 3.84. The van der Waals surface area contributed by atoms with Crippen LogP contribution in [0.4, 0.5) is 15.8 Å². The van der Waals surface area contributed by atoms with Crippen LogP contribution in [0.25, 0.3) is 0 Å². The van der Waals surface area contributed by atoms with Gasteiger partial charge in [0, 0.05) is 16.8 Å². The average Bonchev–Trinajstić information content (AvgIpc) is 2.56. The van der Waals surface area contributed by atoms with E-state index < -0.39 is 40.5 Å². The molecule has 0 aromatic heterocycles. The summed E-state index contributed by atoms with van der Waals surface area (Å²) in [7, 11) is 0. The zero-order chi connectivity index (χ0) is 18.6. The van der Waals surface area contributed by atoms with E-state index in [1.54, 1.807) is 0 Å². The number of benzene rings is 2. The first-order chi connectivity index (χ1) is 11.8. The Balaban J connectivity index is 1.99. The maximum absolute atomic E-state index is 13.5. The molecule has 0 saturated heterocycles. The maximum Gasteiger partial charge on any atom is 0.341 e. The van der Waals surface area contributed by atoms with Gasteiger partial charge in [-0.2, -0.15) is 0 Å². The summed E-state index contributed by atoms with van der Waals surface area (Å²) >= 11 is 11.3. The third-order valence-electron chi connectivity index (χ3n) is 2.91. The third-order valence-corrected chi connectivity index (χ3v) is 3.46. The first-order valence-corrected chi connectivity index (χ1v) is 7.39. The largest absolute Gasteiger partial charge is 0.452 e. The van der Waals surface area contributed by atoms with Gasteiger partial charge in [0.25, 0.3) is 11.6 Å². The van der Waals surface area contributed by atoms with Gasteiger partial charge >= 0.3 is 5.97 Å². The number of amides is 1.